The van der Waals surface area contributed by atoms with Gasteiger partial charge in [0.25, 0.3) is 0 Å². The zero-order valence-corrected chi connectivity index (χ0v) is 15.9. The standard InChI is InChI=1S/C19H24F3N5/c1-11-7-17(11)25-18(23-4)24-10-14-5-6-15(9-16(14)19(20,21)22)27-13(3)8-12(2)26-27/h5-6,8-9,11,17H,7,10H2,1-4H3,(H2,23,24,25). The maximum atomic E-state index is 13.6. The van der Waals surface area contributed by atoms with Crippen LogP contribution in [0.1, 0.15) is 35.9 Å². The highest BCUT2D eigenvalue weighted by Crippen LogP contribution is 2.34. The van der Waals surface area contributed by atoms with E-state index in [1.165, 1.54) is 10.7 Å². The molecule has 2 aromatic rings. The van der Waals surface area contributed by atoms with E-state index >= 15 is 0 Å². The van der Waals surface area contributed by atoms with Gasteiger partial charge in [-0.2, -0.15) is 18.3 Å². The molecule has 0 spiro atoms. The van der Waals surface area contributed by atoms with Crippen LogP contribution in [0.4, 0.5) is 13.2 Å². The van der Waals surface area contributed by atoms with Crippen LogP contribution in [-0.2, 0) is 12.7 Å². The second kappa shape index (κ2) is 7.25. The predicted molar refractivity (Wildman–Crippen MR) is 98.9 cm³/mol. The third-order valence-electron chi connectivity index (χ3n) is 4.75. The van der Waals surface area contributed by atoms with Crippen LogP contribution in [0.15, 0.2) is 29.3 Å². The van der Waals surface area contributed by atoms with Gasteiger partial charge in [0.1, 0.15) is 0 Å². The van der Waals surface area contributed by atoms with E-state index in [-0.39, 0.29) is 12.1 Å². The summed E-state index contributed by atoms with van der Waals surface area (Å²) >= 11 is 0. The summed E-state index contributed by atoms with van der Waals surface area (Å²) in [6.45, 7) is 5.78. The third-order valence-corrected chi connectivity index (χ3v) is 4.75. The Labute approximate surface area is 156 Å². The fourth-order valence-electron chi connectivity index (χ4n) is 3.08. The Bertz CT molecular complexity index is 854. The van der Waals surface area contributed by atoms with Crippen molar-refractivity contribution in [3.63, 3.8) is 0 Å². The first-order chi connectivity index (χ1) is 12.7. The second-order valence-corrected chi connectivity index (χ2v) is 7.07. The molecular formula is C19H24F3N5. The summed E-state index contributed by atoms with van der Waals surface area (Å²) in [5.74, 6) is 1.08. The lowest BCUT2D eigenvalue weighted by Gasteiger charge is -2.17. The summed E-state index contributed by atoms with van der Waals surface area (Å²) in [4.78, 5) is 4.09. The van der Waals surface area contributed by atoms with Crippen molar-refractivity contribution in [1.82, 2.24) is 20.4 Å². The number of rotatable bonds is 4. The minimum atomic E-state index is -4.45. The molecule has 3 rings (SSSR count). The van der Waals surface area contributed by atoms with E-state index in [2.05, 4.69) is 27.6 Å². The lowest BCUT2D eigenvalue weighted by Crippen LogP contribution is -2.39. The number of aliphatic imine (C=N–C) groups is 1. The Balaban J connectivity index is 1.83. The van der Waals surface area contributed by atoms with Crippen molar-refractivity contribution < 1.29 is 13.2 Å². The van der Waals surface area contributed by atoms with Gasteiger partial charge in [0, 0.05) is 25.3 Å². The molecule has 0 radical (unpaired) electrons. The maximum Gasteiger partial charge on any atom is 0.416 e. The van der Waals surface area contributed by atoms with Crippen LogP contribution in [0.25, 0.3) is 5.69 Å². The highest BCUT2D eigenvalue weighted by molar-refractivity contribution is 5.80. The van der Waals surface area contributed by atoms with Gasteiger partial charge in [-0.15, -0.1) is 0 Å². The smallest absolute Gasteiger partial charge is 0.353 e. The Morgan fingerprint density at radius 3 is 2.52 bits per heavy atom. The number of aryl methyl sites for hydroxylation is 2. The van der Waals surface area contributed by atoms with Gasteiger partial charge in [0.15, 0.2) is 5.96 Å². The van der Waals surface area contributed by atoms with Crippen LogP contribution in [-0.4, -0.2) is 28.8 Å². The van der Waals surface area contributed by atoms with Crippen molar-refractivity contribution in [2.75, 3.05) is 7.05 Å². The van der Waals surface area contributed by atoms with E-state index in [1.807, 2.05) is 19.9 Å². The number of aromatic nitrogens is 2. The molecule has 0 saturated heterocycles. The summed E-state index contributed by atoms with van der Waals surface area (Å²) in [6.07, 6.45) is -3.41. The van der Waals surface area contributed by atoms with Crippen LogP contribution >= 0.6 is 0 Å². The fourth-order valence-corrected chi connectivity index (χ4v) is 3.08. The number of benzene rings is 1. The van der Waals surface area contributed by atoms with Crippen LogP contribution in [0.5, 0.6) is 0 Å². The van der Waals surface area contributed by atoms with E-state index in [9.17, 15) is 13.2 Å². The molecule has 0 bridgehead atoms. The molecule has 0 amide bonds. The molecule has 1 saturated carbocycles. The largest absolute Gasteiger partial charge is 0.416 e. The topological polar surface area (TPSA) is 54.2 Å². The molecule has 2 unspecified atom stereocenters. The van der Waals surface area contributed by atoms with Crippen LogP contribution in [0, 0.1) is 19.8 Å². The fraction of sp³-hybridized carbons (Fsp3) is 0.474. The number of alkyl halides is 3. The summed E-state index contributed by atoms with van der Waals surface area (Å²) < 4.78 is 42.4. The van der Waals surface area contributed by atoms with Crippen molar-refractivity contribution in [2.45, 2.75) is 46.0 Å². The molecule has 1 heterocycles. The molecule has 27 heavy (non-hydrogen) atoms. The van der Waals surface area contributed by atoms with Gasteiger partial charge in [-0.05, 0) is 49.9 Å². The zero-order valence-electron chi connectivity index (χ0n) is 15.9. The highest BCUT2D eigenvalue weighted by atomic mass is 19.4. The molecule has 5 nitrogen and oxygen atoms in total. The minimum Gasteiger partial charge on any atom is -0.353 e. The van der Waals surface area contributed by atoms with E-state index in [0.29, 0.717) is 23.6 Å². The summed E-state index contributed by atoms with van der Waals surface area (Å²) in [7, 11) is 1.61. The van der Waals surface area contributed by atoms with E-state index < -0.39 is 11.7 Å². The van der Waals surface area contributed by atoms with E-state index in [1.54, 1.807) is 13.1 Å². The first-order valence-electron chi connectivity index (χ1n) is 8.90. The summed E-state index contributed by atoms with van der Waals surface area (Å²) in [5, 5.41) is 10.5. The molecule has 146 valence electrons. The van der Waals surface area contributed by atoms with Crippen molar-refractivity contribution in [1.29, 1.82) is 0 Å². The van der Waals surface area contributed by atoms with Gasteiger partial charge in [-0.3, -0.25) is 4.99 Å². The Kier molecular flexibility index (Phi) is 5.17. The number of hydrogen-bond acceptors (Lipinski definition) is 2. The van der Waals surface area contributed by atoms with E-state index in [0.717, 1.165) is 23.9 Å². The number of nitrogens with zero attached hydrogens (tertiary/aromatic N) is 3. The molecule has 8 heteroatoms. The summed E-state index contributed by atoms with van der Waals surface area (Å²) in [5.41, 5.74) is 1.44. The number of halogens is 3. The Morgan fingerprint density at radius 1 is 1.30 bits per heavy atom. The van der Waals surface area contributed by atoms with Gasteiger partial charge < -0.3 is 10.6 Å². The van der Waals surface area contributed by atoms with Gasteiger partial charge in [0.2, 0.25) is 0 Å². The second-order valence-electron chi connectivity index (χ2n) is 7.07. The van der Waals surface area contributed by atoms with Crippen molar-refractivity contribution in [3.8, 4) is 5.69 Å². The Hall–Kier alpha value is -2.51. The van der Waals surface area contributed by atoms with Gasteiger partial charge in [-0.1, -0.05) is 13.0 Å². The lowest BCUT2D eigenvalue weighted by molar-refractivity contribution is -0.138. The van der Waals surface area contributed by atoms with Crippen molar-refractivity contribution in [2.24, 2.45) is 10.9 Å². The molecule has 1 fully saturated rings. The first kappa shape index (κ1) is 19.3. The van der Waals surface area contributed by atoms with E-state index in [4.69, 9.17) is 0 Å². The normalized spacial score (nSPS) is 19.9. The van der Waals surface area contributed by atoms with Gasteiger partial charge in [-0.25, -0.2) is 4.68 Å². The molecular weight excluding hydrogens is 355 g/mol. The molecule has 1 aliphatic rings. The third kappa shape index (κ3) is 4.43. The average molecular weight is 379 g/mol. The number of guanidine groups is 1. The molecule has 0 aliphatic heterocycles. The van der Waals surface area contributed by atoms with Crippen molar-refractivity contribution in [3.05, 3.63) is 46.8 Å². The zero-order chi connectivity index (χ0) is 19.8. The SMILES string of the molecule is CN=C(NCc1ccc(-n2nc(C)cc2C)cc1C(F)(F)F)NC1CC1C. The van der Waals surface area contributed by atoms with Crippen LogP contribution in [0.3, 0.4) is 0 Å². The molecule has 1 aromatic heterocycles. The van der Waals surface area contributed by atoms with Crippen molar-refractivity contribution >= 4 is 5.96 Å². The molecule has 2 atom stereocenters. The summed E-state index contributed by atoms with van der Waals surface area (Å²) in [6, 6.07) is 6.47. The first-order valence-corrected chi connectivity index (χ1v) is 8.90. The minimum absolute atomic E-state index is 0.0347. The van der Waals surface area contributed by atoms with Gasteiger partial charge in [0.05, 0.1) is 16.9 Å². The lowest BCUT2D eigenvalue weighted by atomic mass is 10.1. The molecule has 1 aliphatic carbocycles. The maximum absolute atomic E-state index is 13.6. The number of hydrogen-bond donors (Lipinski definition) is 2. The van der Waals surface area contributed by atoms with Crippen LogP contribution in [0.2, 0.25) is 0 Å². The highest BCUT2D eigenvalue weighted by Gasteiger charge is 2.35. The predicted octanol–water partition coefficient (Wildman–Crippen LogP) is 3.58. The molecule has 2 N–H and O–H groups in total. The number of nitrogens with one attached hydrogen (secondary N) is 2. The monoisotopic (exact) mass is 379 g/mol. The molecule has 1 aromatic carbocycles. The van der Waals surface area contributed by atoms with Gasteiger partial charge >= 0.3 is 6.18 Å². The average Bonchev–Trinajstić information content (AvgIpc) is 3.18. The Morgan fingerprint density at radius 2 is 2.00 bits per heavy atom. The van der Waals surface area contributed by atoms with Crippen LogP contribution < -0.4 is 10.6 Å². The quantitative estimate of drug-likeness (QED) is 0.631.